The highest BCUT2D eigenvalue weighted by Gasteiger charge is 2.11. The van der Waals surface area contributed by atoms with E-state index in [-0.39, 0.29) is 0 Å². The van der Waals surface area contributed by atoms with Crippen LogP contribution in [0.4, 0.5) is 0 Å². The van der Waals surface area contributed by atoms with Crippen LogP contribution < -0.4 is 0 Å². The lowest BCUT2D eigenvalue weighted by atomic mass is 10.6. The molecule has 0 aliphatic carbocycles. The second kappa shape index (κ2) is 4.53. The summed E-state index contributed by atoms with van der Waals surface area (Å²) in [5.74, 6) is 0.350. The van der Waals surface area contributed by atoms with Crippen molar-refractivity contribution in [2.75, 3.05) is 27.7 Å². The standard InChI is InChI=1S/C6H14N4O2/c1-5-9(4)6(8(2)3)7-10(11)12/h5H2,1-4H3/b7-6-. The molecule has 0 radical (unpaired) electrons. The van der Waals surface area contributed by atoms with Crippen LogP contribution in [0, 0.1) is 10.1 Å². The van der Waals surface area contributed by atoms with E-state index in [9.17, 15) is 10.1 Å². The summed E-state index contributed by atoms with van der Waals surface area (Å²) in [5, 5.41) is 12.6. The molecule has 0 aromatic heterocycles. The lowest BCUT2D eigenvalue weighted by molar-refractivity contribution is -0.486. The van der Waals surface area contributed by atoms with Gasteiger partial charge in [0.15, 0.2) is 5.03 Å². The van der Waals surface area contributed by atoms with E-state index in [1.165, 1.54) is 0 Å². The molecule has 0 N–H and O–H groups in total. The van der Waals surface area contributed by atoms with Crippen LogP contribution in [-0.4, -0.2) is 48.5 Å². The fourth-order valence-electron chi connectivity index (χ4n) is 0.722. The number of hydrazone groups is 1. The molecule has 0 aliphatic heterocycles. The van der Waals surface area contributed by atoms with Crippen molar-refractivity contribution in [3.05, 3.63) is 10.1 Å². The summed E-state index contributed by atoms with van der Waals surface area (Å²) in [4.78, 5) is 13.4. The van der Waals surface area contributed by atoms with Gasteiger partial charge >= 0.3 is 0 Å². The lowest BCUT2D eigenvalue weighted by Crippen LogP contribution is -2.38. The highest BCUT2D eigenvalue weighted by atomic mass is 16.7. The van der Waals surface area contributed by atoms with Crippen LogP contribution in [0.25, 0.3) is 0 Å². The van der Waals surface area contributed by atoms with E-state index in [0.29, 0.717) is 12.5 Å². The first-order chi connectivity index (χ1) is 5.49. The second-order valence-electron chi connectivity index (χ2n) is 2.55. The average molecular weight is 174 g/mol. The molecule has 0 unspecified atom stereocenters. The van der Waals surface area contributed by atoms with Gasteiger partial charge in [-0.3, -0.25) is 0 Å². The first kappa shape index (κ1) is 10.7. The molecule has 0 atom stereocenters. The Kier molecular flexibility index (Phi) is 4.03. The highest BCUT2D eigenvalue weighted by Crippen LogP contribution is 1.91. The fourth-order valence-corrected chi connectivity index (χ4v) is 0.722. The molecule has 0 bridgehead atoms. The molecule has 0 aromatic rings. The summed E-state index contributed by atoms with van der Waals surface area (Å²) >= 11 is 0. The number of rotatable bonds is 2. The molecule has 6 heteroatoms. The molecule has 0 saturated carbocycles. The van der Waals surface area contributed by atoms with Crippen molar-refractivity contribution in [2.24, 2.45) is 5.10 Å². The fraction of sp³-hybridized carbons (Fsp3) is 0.833. The Bertz CT molecular complexity index is 190. The van der Waals surface area contributed by atoms with Gasteiger partial charge in [-0.25, -0.2) is 10.1 Å². The van der Waals surface area contributed by atoms with Gasteiger partial charge in [-0.15, -0.1) is 0 Å². The minimum Gasteiger partial charge on any atom is -0.344 e. The summed E-state index contributed by atoms with van der Waals surface area (Å²) in [7, 11) is 5.19. The Labute approximate surface area is 71.6 Å². The molecule has 12 heavy (non-hydrogen) atoms. The van der Waals surface area contributed by atoms with Gasteiger partial charge in [0, 0.05) is 27.7 Å². The number of nitro groups is 1. The van der Waals surface area contributed by atoms with Crippen LogP contribution in [0.1, 0.15) is 6.92 Å². The van der Waals surface area contributed by atoms with Crippen LogP contribution in [0.15, 0.2) is 5.10 Å². The minimum absolute atomic E-state index is 0.350. The maximum Gasteiger partial charge on any atom is 0.273 e. The third-order valence-electron chi connectivity index (χ3n) is 1.39. The summed E-state index contributed by atoms with van der Waals surface area (Å²) in [6.07, 6.45) is 0. The monoisotopic (exact) mass is 174 g/mol. The summed E-state index contributed by atoms with van der Waals surface area (Å²) < 4.78 is 0. The van der Waals surface area contributed by atoms with Crippen LogP contribution in [0.5, 0.6) is 0 Å². The third kappa shape index (κ3) is 3.18. The minimum atomic E-state index is -0.693. The predicted molar refractivity (Wildman–Crippen MR) is 46.4 cm³/mol. The van der Waals surface area contributed by atoms with Gasteiger partial charge in [-0.2, -0.15) is 0 Å². The zero-order chi connectivity index (χ0) is 9.72. The zero-order valence-corrected chi connectivity index (χ0v) is 7.81. The first-order valence-electron chi connectivity index (χ1n) is 3.60. The molecule has 0 heterocycles. The van der Waals surface area contributed by atoms with Crippen molar-refractivity contribution in [1.82, 2.24) is 9.80 Å². The van der Waals surface area contributed by atoms with Gasteiger partial charge in [0.05, 0.1) is 0 Å². The van der Waals surface area contributed by atoms with Crippen LogP contribution >= 0.6 is 0 Å². The van der Waals surface area contributed by atoms with Crippen molar-refractivity contribution in [2.45, 2.75) is 6.92 Å². The molecular formula is C6H14N4O2. The van der Waals surface area contributed by atoms with Crippen molar-refractivity contribution in [3.63, 3.8) is 0 Å². The number of hydrogen-bond acceptors (Lipinski definition) is 2. The molecule has 0 spiro atoms. The molecule has 0 rings (SSSR count). The maximum absolute atomic E-state index is 10.1. The molecule has 0 aliphatic rings. The second-order valence-corrected chi connectivity index (χ2v) is 2.55. The van der Waals surface area contributed by atoms with Crippen molar-refractivity contribution >= 4 is 5.96 Å². The molecule has 0 aromatic carbocycles. The van der Waals surface area contributed by atoms with Gasteiger partial charge in [-0.1, -0.05) is 0 Å². The van der Waals surface area contributed by atoms with Crippen LogP contribution in [-0.2, 0) is 0 Å². The first-order valence-corrected chi connectivity index (χ1v) is 3.60. The predicted octanol–water partition coefficient (Wildman–Crippen LogP) is 0.0474. The van der Waals surface area contributed by atoms with E-state index in [4.69, 9.17) is 0 Å². The van der Waals surface area contributed by atoms with Gasteiger partial charge in [-0.05, 0) is 6.92 Å². The molecular weight excluding hydrogens is 160 g/mol. The summed E-state index contributed by atoms with van der Waals surface area (Å²) in [6.45, 7) is 2.59. The van der Waals surface area contributed by atoms with Crippen LogP contribution in [0.2, 0.25) is 0 Å². The Morgan fingerprint density at radius 1 is 1.50 bits per heavy atom. The zero-order valence-electron chi connectivity index (χ0n) is 7.81. The smallest absolute Gasteiger partial charge is 0.273 e. The van der Waals surface area contributed by atoms with E-state index >= 15 is 0 Å². The Hall–Kier alpha value is -1.33. The SMILES string of the molecule is CCN(C)/C(=N\[N+](=O)[O-])N(C)C. The van der Waals surface area contributed by atoms with E-state index in [2.05, 4.69) is 5.10 Å². The Morgan fingerprint density at radius 2 is 2.00 bits per heavy atom. The third-order valence-corrected chi connectivity index (χ3v) is 1.39. The quantitative estimate of drug-likeness (QED) is 0.257. The Balaban J connectivity index is 4.54. The normalized spacial score (nSPS) is 11.2. The van der Waals surface area contributed by atoms with E-state index in [1.807, 2.05) is 6.92 Å². The van der Waals surface area contributed by atoms with E-state index < -0.39 is 5.03 Å². The van der Waals surface area contributed by atoms with Gasteiger partial charge in [0.25, 0.3) is 5.96 Å². The van der Waals surface area contributed by atoms with Crippen LogP contribution in [0.3, 0.4) is 0 Å². The van der Waals surface area contributed by atoms with E-state index in [1.54, 1.807) is 30.9 Å². The lowest BCUT2D eigenvalue weighted by Gasteiger charge is -2.21. The topological polar surface area (TPSA) is 62.0 Å². The highest BCUT2D eigenvalue weighted by molar-refractivity contribution is 5.78. The molecule has 6 nitrogen and oxygen atoms in total. The maximum atomic E-state index is 10.1. The van der Waals surface area contributed by atoms with Gasteiger partial charge in [0.2, 0.25) is 0 Å². The number of guanidine groups is 1. The van der Waals surface area contributed by atoms with Crippen molar-refractivity contribution in [1.29, 1.82) is 0 Å². The molecule has 0 amide bonds. The molecule has 0 fully saturated rings. The summed E-state index contributed by atoms with van der Waals surface area (Å²) in [6, 6.07) is 0. The number of hydrogen-bond donors (Lipinski definition) is 0. The van der Waals surface area contributed by atoms with Gasteiger partial charge in [0.1, 0.15) is 5.10 Å². The summed E-state index contributed by atoms with van der Waals surface area (Å²) in [5.41, 5.74) is 0. The van der Waals surface area contributed by atoms with E-state index in [0.717, 1.165) is 0 Å². The average Bonchev–Trinajstić information content (AvgIpc) is 1.98. The molecule has 0 saturated heterocycles. The molecule has 70 valence electrons. The largest absolute Gasteiger partial charge is 0.344 e. The van der Waals surface area contributed by atoms with Crippen molar-refractivity contribution < 1.29 is 5.03 Å². The van der Waals surface area contributed by atoms with Crippen molar-refractivity contribution in [3.8, 4) is 0 Å². The number of nitrogens with zero attached hydrogens (tertiary/aromatic N) is 4. The Morgan fingerprint density at radius 3 is 2.25 bits per heavy atom. The van der Waals surface area contributed by atoms with Gasteiger partial charge < -0.3 is 9.80 Å².